The molecule has 0 N–H and O–H groups in total. The Morgan fingerprint density at radius 3 is 0.903 bits per heavy atom. The number of benzene rings is 5. The molecule has 0 amide bonds. The van der Waals surface area contributed by atoms with Gasteiger partial charge in [-0.05, 0) is 229 Å². The summed E-state index contributed by atoms with van der Waals surface area (Å²) >= 11 is 0. The van der Waals surface area contributed by atoms with Crippen molar-refractivity contribution in [3.05, 3.63) is 149 Å². The van der Waals surface area contributed by atoms with Gasteiger partial charge in [-0.2, -0.15) is 0 Å². The van der Waals surface area contributed by atoms with Crippen molar-refractivity contribution in [2.75, 3.05) is 20.3 Å². The molecule has 0 saturated heterocycles. The fraction of sp³-hybridized carbons (Fsp3) is 0.709. The van der Waals surface area contributed by atoms with Crippen molar-refractivity contribution in [2.45, 2.75) is 418 Å². The van der Waals surface area contributed by atoms with Crippen molar-refractivity contribution in [3.63, 3.8) is 0 Å². The van der Waals surface area contributed by atoms with Gasteiger partial charge in [-0.15, -0.1) is 0 Å². The second-order valence-electron chi connectivity index (χ2n) is 37.9. The fourth-order valence-electron chi connectivity index (χ4n) is 15.1. The van der Waals surface area contributed by atoms with E-state index in [4.69, 9.17) is 47.4 Å². The number of ether oxygens (including phenoxy) is 10. The quantitative estimate of drug-likeness (QED) is 0.0358. The van der Waals surface area contributed by atoms with Crippen LogP contribution in [0.15, 0.2) is 121 Å². The molecule has 640 valence electrons. The lowest BCUT2D eigenvalue weighted by atomic mass is 9.83. The van der Waals surface area contributed by atoms with E-state index in [1.807, 2.05) is 12.1 Å². The lowest BCUT2D eigenvalue weighted by Gasteiger charge is -2.31. The predicted octanol–water partition coefficient (Wildman–Crippen LogP) is 30.8. The van der Waals surface area contributed by atoms with Crippen molar-refractivity contribution in [2.24, 2.45) is 34.0 Å². The van der Waals surface area contributed by atoms with Crippen molar-refractivity contribution < 1.29 is 47.4 Å². The molecule has 4 aliphatic rings. The molecule has 0 spiro atoms. The molecule has 10 heteroatoms. The summed E-state index contributed by atoms with van der Waals surface area (Å²) in [6.07, 6.45) is 36.4. The smallest absolute Gasteiger partial charge is 0.200 e. The van der Waals surface area contributed by atoms with E-state index in [-0.39, 0.29) is 47.7 Å². The van der Waals surface area contributed by atoms with E-state index in [1.165, 1.54) is 169 Å². The summed E-state index contributed by atoms with van der Waals surface area (Å²) in [4.78, 5) is 0. The van der Waals surface area contributed by atoms with Gasteiger partial charge in [-0.3, -0.25) is 0 Å². The zero-order chi connectivity index (χ0) is 82.8. The first-order chi connectivity index (χ1) is 53.9. The van der Waals surface area contributed by atoms with Crippen LogP contribution < -0.4 is 23.7 Å². The van der Waals surface area contributed by atoms with Gasteiger partial charge in [0.05, 0.1) is 25.4 Å². The van der Waals surface area contributed by atoms with Crippen molar-refractivity contribution in [1.29, 1.82) is 0 Å². The van der Waals surface area contributed by atoms with Crippen LogP contribution >= 0.6 is 0 Å². The molecular formula is C103H168O10. The third-order valence-electron chi connectivity index (χ3n) is 23.9. The molecule has 4 aliphatic carbocycles. The molecule has 5 aromatic rings. The molecule has 10 unspecified atom stereocenters. The first-order valence-corrected chi connectivity index (χ1v) is 45.8. The molecule has 9 rings (SSSR count). The molecule has 0 radical (unpaired) electrons. The van der Waals surface area contributed by atoms with Gasteiger partial charge >= 0.3 is 0 Å². The summed E-state index contributed by atoms with van der Waals surface area (Å²) in [5.41, 5.74) is 7.45. The van der Waals surface area contributed by atoms with Crippen LogP contribution in [0, 0.1) is 34.0 Å². The van der Waals surface area contributed by atoms with Gasteiger partial charge in [0.15, 0.2) is 25.2 Å². The summed E-state index contributed by atoms with van der Waals surface area (Å²) in [5, 5.41) is 0. The van der Waals surface area contributed by atoms with Gasteiger partial charge in [0.25, 0.3) is 0 Å². The Hall–Kier alpha value is -5.10. The predicted molar refractivity (Wildman–Crippen MR) is 478 cm³/mol. The van der Waals surface area contributed by atoms with Crippen molar-refractivity contribution >= 4 is 0 Å². The van der Waals surface area contributed by atoms with Crippen molar-refractivity contribution in [1.82, 2.24) is 0 Å². The third-order valence-corrected chi connectivity index (χ3v) is 23.9. The number of methoxy groups -OCH3 is 1. The molecule has 0 aliphatic heterocycles. The molecule has 10 atom stereocenters. The topological polar surface area (TPSA) is 92.3 Å². The minimum absolute atomic E-state index is 0.109. The lowest BCUT2D eigenvalue weighted by molar-refractivity contribution is -0.142. The highest BCUT2D eigenvalue weighted by molar-refractivity contribution is 5.33. The normalized spacial score (nSPS) is 19.3. The van der Waals surface area contributed by atoms with Crippen LogP contribution in [0.2, 0.25) is 0 Å². The van der Waals surface area contributed by atoms with E-state index in [0.29, 0.717) is 47.7 Å². The summed E-state index contributed by atoms with van der Waals surface area (Å²) < 4.78 is 60.5. The monoisotopic (exact) mass is 1570 g/mol. The van der Waals surface area contributed by atoms with Crippen LogP contribution in [-0.4, -0.2) is 64.0 Å². The highest BCUT2D eigenvalue weighted by Crippen LogP contribution is 2.36. The van der Waals surface area contributed by atoms with Gasteiger partial charge in [0, 0.05) is 39.2 Å². The largest absolute Gasteiger partial charge is 0.465 e. The Morgan fingerprint density at radius 1 is 0.301 bits per heavy atom. The number of hydrogen-bond donors (Lipinski definition) is 0. The van der Waals surface area contributed by atoms with Crippen LogP contribution in [0.5, 0.6) is 28.7 Å². The van der Waals surface area contributed by atoms with E-state index in [2.05, 4.69) is 262 Å². The third kappa shape index (κ3) is 41.2. The molecule has 4 fully saturated rings. The minimum atomic E-state index is -0.186. The highest BCUT2D eigenvalue weighted by atomic mass is 16.7. The van der Waals surface area contributed by atoms with Crippen LogP contribution in [0.1, 0.15) is 402 Å². The van der Waals surface area contributed by atoms with E-state index < -0.39 is 0 Å². The van der Waals surface area contributed by atoms with Gasteiger partial charge in [-0.1, -0.05) is 296 Å². The zero-order valence-electron chi connectivity index (χ0n) is 76.4. The first-order valence-electron chi connectivity index (χ1n) is 45.8. The Morgan fingerprint density at radius 2 is 0.584 bits per heavy atom. The molecule has 4 saturated carbocycles. The van der Waals surface area contributed by atoms with Crippen molar-refractivity contribution in [3.8, 4) is 28.7 Å². The molecule has 10 nitrogen and oxygen atoms in total. The van der Waals surface area contributed by atoms with Gasteiger partial charge in [0.2, 0.25) is 6.29 Å². The maximum absolute atomic E-state index is 6.35. The SMILES string of the molecule is CCC(C)c1ccc(OC(CC(C)(C)C)OC)cc1.CCC(C)c1ccc(OC(CC(C)(C)C)OC2CCCCC2)cc1.CCC(C)c1ccc(OC(CC(C)(C)C)OCC2CCC(C)CC2)cc1.CCC(OCCC1CCCCC1)Oc1ccc(C(C)CC)cc1.CCC(Oc1ccc(C(C)CC)cc1)OC1CCCCC1. The van der Waals surface area contributed by atoms with E-state index in [1.54, 1.807) is 7.11 Å². The first kappa shape index (κ1) is 98.5. The minimum Gasteiger partial charge on any atom is -0.465 e. The van der Waals surface area contributed by atoms with Crippen LogP contribution in [0.3, 0.4) is 0 Å². The molecule has 5 aromatic carbocycles. The number of hydrogen-bond acceptors (Lipinski definition) is 10. The Bertz CT molecular complexity index is 3140. The summed E-state index contributed by atoms with van der Waals surface area (Å²) in [6.45, 7) is 50.8. The molecule has 0 heterocycles. The molecule has 0 bridgehead atoms. The van der Waals surface area contributed by atoms with E-state index in [9.17, 15) is 0 Å². The summed E-state index contributed by atoms with van der Waals surface area (Å²) in [6, 6.07) is 42.6. The molecule has 113 heavy (non-hydrogen) atoms. The Labute approximate surface area is 693 Å². The standard InChI is InChI=1S/C24H40O2.C22H36O2.C21H34O2.C19H30O2.C17H28O2/c1-7-19(3)21-12-14-22(15-13-21)26-23(16-24(4,5)6)25-17-20-10-8-18(2)9-11-20;1-6-17(2)18-12-14-20(15-13-18)24-21(16-22(3,4)5)23-19-10-8-7-9-11-19;1-4-17(3)19-11-13-20(14-12-19)23-21(5-2)22-16-15-18-9-7-6-8-10-18;1-4-15(3)16-11-13-18(14-12-16)21-19(5-2)20-17-9-7-6-8-10-17;1-7-13(2)14-8-10-15(11-9-14)19-16(18-6)12-17(3,4)5/h12-15,18-20,23H,7-11,16-17H2,1-6H3;12-15,17,19,21H,6-11,16H2,1-5H3;11-14,17-18,21H,4-10,15-16H2,1-3H3;11-15,17,19H,4-10H2,1-3H3;8-11,13,16H,7,12H2,1-6H3. The average Bonchev–Trinajstić information content (AvgIpc) is 0.877. The van der Waals surface area contributed by atoms with E-state index in [0.717, 1.165) is 105 Å². The summed E-state index contributed by atoms with van der Waals surface area (Å²) in [5.74, 6) is 10.0. The second kappa shape index (κ2) is 53.4. The van der Waals surface area contributed by atoms with Gasteiger partial charge in [-0.25, -0.2) is 0 Å². The maximum Gasteiger partial charge on any atom is 0.200 e. The zero-order valence-corrected chi connectivity index (χ0v) is 76.4. The fourth-order valence-corrected chi connectivity index (χ4v) is 15.1. The van der Waals surface area contributed by atoms with Crippen LogP contribution in [0.25, 0.3) is 0 Å². The lowest BCUT2D eigenvalue weighted by Crippen LogP contribution is -2.32. The highest BCUT2D eigenvalue weighted by Gasteiger charge is 2.29. The van der Waals surface area contributed by atoms with Crippen LogP contribution in [0.4, 0.5) is 0 Å². The summed E-state index contributed by atoms with van der Waals surface area (Å²) in [7, 11) is 1.70. The number of rotatable bonds is 37. The van der Waals surface area contributed by atoms with E-state index >= 15 is 0 Å². The average molecular weight is 1570 g/mol. The maximum atomic E-state index is 6.35. The molecule has 0 aromatic heterocycles. The Kier molecular flexibility index (Phi) is 46.5. The second-order valence-corrected chi connectivity index (χ2v) is 37.9. The van der Waals surface area contributed by atoms with Gasteiger partial charge in [0.1, 0.15) is 28.7 Å². The molecular weight excluding hydrogens is 1400 g/mol. The Balaban J connectivity index is 0.000000253. The van der Waals surface area contributed by atoms with Gasteiger partial charge < -0.3 is 47.4 Å². The van der Waals surface area contributed by atoms with Crippen LogP contribution in [-0.2, 0) is 23.7 Å².